The van der Waals surface area contributed by atoms with E-state index < -0.39 is 99.4 Å². The van der Waals surface area contributed by atoms with E-state index in [0.29, 0.717) is 38.5 Å². The zero-order valence-corrected chi connectivity index (χ0v) is 40.4. The SMILES string of the molecule is NCCCC[C@H](N)C(=O)c1[nH]c2ccccc2c1C(C(=O)[C@@H](N)CCCCN)(C(=O)[C@@H](N)CCCCN)[C@](C(=O)O)(C(=O)[C@@H](N)CCCCN)N(C(=O)[C@@H](N)CCCCN)C(=O)[C@@H](N)CCCCN. The number of carbonyl (C=O) groups excluding carboxylic acids is 6. The monoisotopic (exact) mass is 973 g/mol. The molecule has 390 valence electrons. The van der Waals surface area contributed by atoms with Crippen molar-refractivity contribution in [1.82, 2.24) is 9.88 Å². The molecule has 0 saturated heterocycles. The van der Waals surface area contributed by atoms with Gasteiger partial charge in [0, 0.05) is 16.5 Å². The number of rotatable bonds is 38. The van der Waals surface area contributed by atoms with Gasteiger partial charge in [0.25, 0.3) is 0 Å². The zero-order valence-electron chi connectivity index (χ0n) is 40.4. The first-order valence-corrected chi connectivity index (χ1v) is 24.5. The van der Waals surface area contributed by atoms with Gasteiger partial charge in [-0.25, -0.2) is 4.79 Å². The Hall–Kier alpha value is -4.43. The average Bonchev–Trinajstić information content (AvgIpc) is 3.72. The lowest BCUT2D eigenvalue weighted by Crippen LogP contribution is -2.83. The topological polar surface area (TPSA) is 471 Å². The number of hydrogen-bond acceptors (Lipinski definition) is 19. The predicted molar refractivity (Wildman–Crippen MR) is 267 cm³/mol. The van der Waals surface area contributed by atoms with Gasteiger partial charge in [-0.2, -0.15) is 0 Å². The average molecular weight is 973 g/mol. The van der Waals surface area contributed by atoms with Crippen LogP contribution in [0.4, 0.5) is 0 Å². The molecule has 0 saturated carbocycles. The smallest absolute Gasteiger partial charge is 0.339 e. The van der Waals surface area contributed by atoms with Crippen LogP contribution in [0.25, 0.3) is 10.9 Å². The maximum Gasteiger partial charge on any atom is 0.339 e. The van der Waals surface area contributed by atoms with Gasteiger partial charge in [0.15, 0.2) is 28.5 Å². The van der Waals surface area contributed by atoms with Crippen LogP contribution in [0.15, 0.2) is 24.3 Å². The number of unbranched alkanes of at least 4 members (excludes halogenated alkanes) is 6. The van der Waals surface area contributed by atoms with E-state index in [1.165, 1.54) is 18.2 Å². The Bertz CT molecular complexity index is 1930. The van der Waals surface area contributed by atoms with Crippen LogP contribution in [0.3, 0.4) is 0 Å². The van der Waals surface area contributed by atoms with Crippen LogP contribution in [-0.2, 0) is 34.2 Å². The highest BCUT2D eigenvalue weighted by Gasteiger charge is 2.77. The normalized spacial score (nSPS) is 15.4. The molecule has 26 N–H and O–H groups in total. The summed E-state index contributed by atoms with van der Waals surface area (Å²) in [6, 6.07) is -4.65. The molecule has 22 heteroatoms. The second-order valence-electron chi connectivity index (χ2n) is 18.0. The number of ketones is 4. The van der Waals surface area contributed by atoms with Crippen molar-refractivity contribution in [3.63, 3.8) is 0 Å². The second-order valence-corrected chi connectivity index (χ2v) is 18.0. The van der Waals surface area contributed by atoms with Gasteiger partial charge in [-0.1, -0.05) is 56.7 Å². The van der Waals surface area contributed by atoms with Gasteiger partial charge < -0.3 is 78.9 Å². The number of carboxylic acids is 1. The van der Waals surface area contributed by atoms with Crippen LogP contribution in [0, 0.1) is 0 Å². The summed E-state index contributed by atoms with van der Waals surface area (Å²) in [4.78, 5) is 114. The fourth-order valence-corrected chi connectivity index (χ4v) is 9.05. The van der Waals surface area contributed by atoms with Gasteiger partial charge in [-0.3, -0.25) is 33.7 Å². The van der Waals surface area contributed by atoms with E-state index in [-0.39, 0.29) is 132 Å². The van der Waals surface area contributed by atoms with Crippen molar-refractivity contribution in [2.24, 2.45) is 68.8 Å². The van der Waals surface area contributed by atoms with Crippen LogP contribution < -0.4 is 68.8 Å². The van der Waals surface area contributed by atoms with Crippen molar-refractivity contribution in [2.75, 3.05) is 39.3 Å². The highest BCUT2D eigenvalue weighted by molar-refractivity contribution is 6.33. The number of carbonyl (C=O) groups is 7. The molecular formula is C47H84N14O8. The zero-order chi connectivity index (χ0) is 51.9. The standard InChI is InChI=1S/C47H84N14O8/c48-23-9-3-16-30(54)39(62)38-37(29-15-1-2-22-36(29)60-38)46(40(63)31(55)17-4-10-24-49,41(64)32(56)18-5-11-25-50)47(45(68)69,42(65)33(57)19-6-12-26-51)61(43(66)34(58)20-7-13-27-52)44(67)35(59)21-8-14-28-53/h1-2,15,22,30-35,60H,3-14,16-21,23-28,48-59H2,(H,68,69)/t30-,31-,32-,33-,34-,35-,47+/m0/s1. The molecule has 2 aromatic rings. The molecular weight excluding hydrogens is 889 g/mol. The lowest BCUT2D eigenvalue weighted by molar-refractivity contribution is -0.182. The van der Waals surface area contributed by atoms with Crippen molar-refractivity contribution in [3.05, 3.63) is 35.5 Å². The molecule has 0 aliphatic carbocycles. The van der Waals surface area contributed by atoms with Crippen LogP contribution in [-0.4, -0.2) is 137 Å². The molecule has 2 rings (SSSR count). The molecule has 0 fully saturated rings. The Kier molecular flexibility index (Phi) is 26.7. The van der Waals surface area contributed by atoms with Crippen LogP contribution in [0.1, 0.15) is 132 Å². The molecule has 1 aromatic carbocycles. The van der Waals surface area contributed by atoms with Crippen molar-refractivity contribution in [3.8, 4) is 0 Å². The molecule has 0 unspecified atom stereocenters. The van der Waals surface area contributed by atoms with Crippen LogP contribution in [0.2, 0.25) is 0 Å². The molecule has 1 heterocycles. The van der Waals surface area contributed by atoms with Crippen molar-refractivity contribution in [2.45, 2.75) is 163 Å². The van der Waals surface area contributed by atoms with Crippen molar-refractivity contribution >= 4 is 51.8 Å². The van der Waals surface area contributed by atoms with Gasteiger partial charge in [0.2, 0.25) is 17.4 Å². The number of aromatic amines is 1. The number of Topliss-reactive ketones (excluding diaryl/α,β-unsaturated/α-hetero) is 4. The van der Waals surface area contributed by atoms with Gasteiger partial charge in [-0.05, 0) is 122 Å². The van der Waals surface area contributed by atoms with Gasteiger partial charge in [-0.15, -0.1) is 0 Å². The van der Waals surface area contributed by atoms with Gasteiger partial charge in [0.05, 0.1) is 41.9 Å². The summed E-state index contributed by atoms with van der Waals surface area (Å²) >= 11 is 0. The number of aromatic nitrogens is 1. The fourth-order valence-electron chi connectivity index (χ4n) is 9.05. The summed E-state index contributed by atoms with van der Waals surface area (Å²) in [7, 11) is 0. The first-order chi connectivity index (χ1) is 32.9. The fraction of sp³-hybridized carbons (Fsp3) is 0.681. The number of H-pyrrole nitrogens is 1. The minimum atomic E-state index is -4.06. The number of aliphatic carboxylic acids is 1. The molecule has 0 bridgehead atoms. The predicted octanol–water partition coefficient (Wildman–Crippen LogP) is -1.79. The van der Waals surface area contributed by atoms with Crippen LogP contribution in [0.5, 0.6) is 0 Å². The number of para-hydroxylation sites is 1. The van der Waals surface area contributed by atoms with Crippen LogP contribution >= 0.6 is 0 Å². The lowest BCUT2D eigenvalue weighted by atomic mass is 9.53. The van der Waals surface area contributed by atoms with E-state index in [4.69, 9.17) is 68.8 Å². The number of nitrogens with zero attached hydrogens (tertiary/aromatic N) is 1. The van der Waals surface area contributed by atoms with E-state index in [9.17, 15) is 5.11 Å². The Morgan fingerprint density at radius 3 is 1.17 bits per heavy atom. The molecule has 1 aromatic heterocycles. The number of amides is 2. The first kappa shape index (κ1) is 60.7. The quantitative estimate of drug-likeness (QED) is 0.0201. The summed E-state index contributed by atoms with van der Waals surface area (Å²) < 4.78 is 0. The van der Waals surface area contributed by atoms with Crippen molar-refractivity contribution < 1.29 is 38.7 Å². The summed E-state index contributed by atoms with van der Waals surface area (Å²) in [5.74, 6) is -10.8. The van der Waals surface area contributed by atoms with Gasteiger partial charge >= 0.3 is 5.97 Å². The third kappa shape index (κ3) is 14.4. The Labute approximate surface area is 405 Å². The van der Waals surface area contributed by atoms with Gasteiger partial charge in [0.1, 0.15) is 0 Å². The minimum Gasteiger partial charge on any atom is -0.479 e. The van der Waals surface area contributed by atoms with E-state index in [2.05, 4.69) is 4.98 Å². The molecule has 0 aliphatic rings. The van der Waals surface area contributed by atoms with E-state index in [1.54, 1.807) is 6.07 Å². The first-order valence-electron chi connectivity index (χ1n) is 24.5. The Morgan fingerprint density at radius 1 is 0.478 bits per heavy atom. The van der Waals surface area contributed by atoms with E-state index >= 15 is 33.6 Å². The van der Waals surface area contributed by atoms with E-state index in [0.717, 1.165) is 0 Å². The largest absolute Gasteiger partial charge is 0.479 e. The highest BCUT2D eigenvalue weighted by atomic mass is 16.4. The number of carboxylic acid groups (broad SMARTS) is 1. The highest BCUT2D eigenvalue weighted by Crippen LogP contribution is 2.50. The molecule has 0 radical (unpaired) electrons. The number of hydrogen-bond donors (Lipinski definition) is 14. The summed E-state index contributed by atoms with van der Waals surface area (Å²) in [6.07, 6.45) is 1.94. The maximum absolute atomic E-state index is 16.5. The minimum absolute atomic E-state index is 0.0321. The molecule has 0 spiro atoms. The summed E-state index contributed by atoms with van der Waals surface area (Å²) in [5.41, 5.74) is 66.3. The third-order valence-electron chi connectivity index (χ3n) is 12.8. The maximum atomic E-state index is 16.5. The summed E-state index contributed by atoms with van der Waals surface area (Å²) in [6.45, 7) is 1.04. The Balaban J connectivity index is 3.77. The second kappa shape index (κ2) is 30.3. The molecule has 69 heavy (non-hydrogen) atoms. The molecule has 0 aliphatic heterocycles. The summed E-state index contributed by atoms with van der Waals surface area (Å²) in [5, 5.41) is 12.3. The molecule has 22 nitrogen and oxygen atoms in total. The molecule has 2 amide bonds. The molecule has 7 atom stereocenters. The number of benzene rings is 1. The van der Waals surface area contributed by atoms with Crippen molar-refractivity contribution in [1.29, 1.82) is 0 Å². The Morgan fingerprint density at radius 2 is 0.812 bits per heavy atom. The number of nitrogens with one attached hydrogen (secondary N) is 1. The number of fused-ring (bicyclic) bond motifs is 1. The number of imide groups is 1. The lowest BCUT2D eigenvalue weighted by Gasteiger charge is -2.52. The van der Waals surface area contributed by atoms with E-state index in [1.807, 2.05) is 0 Å². The third-order valence-corrected chi connectivity index (χ3v) is 12.8. The number of nitrogens with two attached hydrogens (primary N) is 12.